The van der Waals surface area contributed by atoms with Crippen molar-refractivity contribution in [3.8, 4) is 0 Å². The Bertz CT molecular complexity index is 2480. The Kier molecular flexibility index (Phi) is 27.9. The highest BCUT2D eigenvalue weighted by molar-refractivity contribution is 5.80. The van der Waals surface area contributed by atoms with Gasteiger partial charge < -0.3 is 110 Å². The number of rotatable bonds is 7. The largest absolute Gasteiger partial charge is 0.462 e. The summed E-state index contributed by atoms with van der Waals surface area (Å²) in [5, 5.41) is 158. The van der Waals surface area contributed by atoms with Crippen molar-refractivity contribution >= 4 is 17.6 Å². The molecule has 4 fully saturated rings. The normalized spacial score (nSPS) is 40.9. The second-order valence-corrected chi connectivity index (χ2v) is 23.9. The molecule has 0 saturated carbocycles. The van der Waals surface area contributed by atoms with Crippen LogP contribution >= 0.6 is 0 Å². The lowest BCUT2D eigenvalue weighted by Crippen LogP contribution is -2.69. The van der Waals surface area contributed by atoms with Gasteiger partial charge in [-0.25, -0.2) is 0 Å². The van der Waals surface area contributed by atoms with E-state index in [1.165, 1.54) is 6.92 Å². The minimum absolute atomic E-state index is 0.130. The van der Waals surface area contributed by atoms with E-state index in [-0.39, 0.29) is 44.7 Å². The zero-order valence-electron chi connectivity index (χ0n) is 50.0. The summed E-state index contributed by atoms with van der Waals surface area (Å²) < 4.78 is 29.8. The number of amides is 1. The summed E-state index contributed by atoms with van der Waals surface area (Å²) >= 11 is 0. The van der Waals surface area contributed by atoms with Crippen molar-refractivity contribution in [2.24, 2.45) is 17.8 Å². The third kappa shape index (κ3) is 21.0. The van der Waals surface area contributed by atoms with Crippen molar-refractivity contribution in [3.63, 3.8) is 0 Å². The van der Waals surface area contributed by atoms with Crippen molar-refractivity contribution in [3.05, 3.63) is 115 Å². The van der Waals surface area contributed by atoms with Crippen molar-refractivity contribution in [1.29, 1.82) is 0 Å². The summed E-state index contributed by atoms with van der Waals surface area (Å²) in [6.07, 6.45) is -2.91. The number of piperazine rings is 1. The third-order valence-corrected chi connectivity index (χ3v) is 17.0. The van der Waals surface area contributed by atoms with Crippen LogP contribution in [0.3, 0.4) is 0 Å². The molecule has 6 rings (SSSR count). The molecule has 1 aromatic rings. The van der Waals surface area contributed by atoms with E-state index in [0.29, 0.717) is 13.1 Å². The number of cyclic esters (lactones) is 1. The van der Waals surface area contributed by atoms with E-state index in [1.807, 2.05) is 43.3 Å². The average molecular weight is 1230 g/mol. The number of anilines is 1. The fourth-order valence-corrected chi connectivity index (χ4v) is 11.5. The Morgan fingerprint density at radius 1 is 0.632 bits per heavy atom. The molecule has 5 aliphatic heterocycles. The van der Waals surface area contributed by atoms with Crippen LogP contribution in [0.15, 0.2) is 115 Å². The van der Waals surface area contributed by atoms with Gasteiger partial charge in [-0.05, 0) is 45.2 Å². The van der Waals surface area contributed by atoms with Gasteiger partial charge in [-0.15, -0.1) is 0 Å². The Morgan fingerprint density at radius 2 is 1.24 bits per heavy atom. The van der Waals surface area contributed by atoms with Crippen LogP contribution in [0, 0.1) is 17.8 Å². The first-order chi connectivity index (χ1) is 41.3. The number of aliphatic hydroxyl groups excluding tert-OH is 12. The van der Waals surface area contributed by atoms with Gasteiger partial charge in [0.1, 0.15) is 30.5 Å². The zero-order chi connectivity index (χ0) is 63.6. The van der Waals surface area contributed by atoms with Crippen molar-refractivity contribution in [1.82, 2.24) is 10.2 Å². The average Bonchev–Trinajstić information content (AvgIpc) is 1.15. The van der Waals surface area contributed by atoms with Crippen LogP contribution in [0.1, 0.15) is 79.1 Å². The molecule has 0 spiro atoms. The molecule has 1 amide bonds. The summed E-state index contributed by atoms with van der Waals surface area (Å²) in [5.74, 6) is -8.22. The molecular weight excluding hydrogens is 1130 g/mol. The molecule has 2 bridgehead atoms. The quantitative estimate of drug-likeness (QED) is 0.152. The summed E-state index contributed by atoms with van der Waals surface area (Å²) in [7, 11) is 0. The van der Waals surface area contributed by atoms with E-state index in [0.717, 1.165) is 5.69 Å². The maximum absolute atomic E-state index is 14.8. The predicted molar refractivity (Wildman–Crippen MR) is 317 cm³/mol. The van der Waals surface area contributed by atoms with Crippen LogP contribution in [-0.2, 0) is 33.3 Å². The fourth-order valence-electron chi connectivity index (χ4n) is 11.5. The highest BCUT2D eigenvalue weighted by Gasteiger charge is 2.53. The molecule has 87 heavy (non-hydrogen) atoms. The maximum atomic E-state index is 14.8. The lowest BCUT2D eigenvalue weighted by Gasteiger charge is -2.48. The molecule has 0 radical (unpaired) electrons. The van der Waals surface area contributed by atoms with Crippen LogP contribution in [-0.4, -0.2) is 249 Å². The number of esters is 1. The molecule has 4 unspecified atom stereocenters. The van der Waals surface area contributed by atoms with Crippen LogP contribution in [0.25, 0.3) is 0 Å². The molecule has 1 aromatic carbocycles. The van der Waals surface area contributed by atoms with E-state index >= 15 is 0 Å². The SMILES string of the molecule is CC1[C@H](C)OC(=O)C[C@H](O)C[C@H](O)CC[C@@H](O)[C@H](O)C[C@H](O)C[C@]2(O)C[C@H](O)C(C(=O)N3CCN(c4ccccc4)CC3)C(C[C@@H](OC3O[C@H](C)[C@@H](O)[C@H](NC[C@@]4(O)OC[C@@H](O)[C@@H](O)[C@@H]4O)[C@@H]3O)C=CC=CC=CC=CC=CC=CC=C[C@H](C)[C@H]1O)O2. The van der Waals surface area contributed by atoms with Crippen molar-refractivity contribution in [2.45, 2.75) is 201 Å². The first kappa shape index (κ1) is 71.5. The molecule has 4 saturated heterocycles. The number of carbonyl (C=O) groups excluding carboxylic acids is 2. The molecular formula is C63H95N3O21. The molecule has 15 N–H and O–H groups in total. The monoisotopic (exact) mass is 1230 g/mol. The number of nitrogens with zero attached hydrogens (tertiary/aromatic N) is 2. The Hall–Kier alpha value is -4.62. The minimum atomic E-state index is -2.47. The Labute approximate surface area is 508 Å². The lowest BCUT2D eigenvalue weighted by molar-refractivity contribution is -0.323. The molecule has 23 atom stereocenters. The number of fused-ring (bicyclic) bond motifs is 2. The molecule has 5 aliphatic rings. The van der Waals surface area contributed by atoms with Gasteiger partial charge in [-0.3, -0.25) is 9.59 Å². The van der Waals surface area contributed by atoms with Gasteiger partial charge in [-0.1, -0.05) is 117 Å². The van der Waals surface area contributed by atoms with Gasteiger partial charge >= 0.3 is 5.97 Å². The van der Waals surface area contributed by atoms with E-state index < -0.39 is 184 Å². The molecule has 0 aliphatic carbocycles. The number of carbonyl (C=O) groups is 2. The standard InChI is InChI=1S/C63H95N3O21/c1-38-20-16-13-11-9-7-5-6-8-10-12-14-19-23-46(86-61-58(78)54(56(76)41(4)85-61)64-37-63(82)59(79)57(77)50(73)36-83-63)33-51-53(60(80)66-28-26-65(27-29-66)42-21-17-15-18-22-42)49(72)35-62(81,87-51)34-45(69)31-48(71)47(70)25-24-43(67)30-44(68)32-52(74)84-40(3)39(2)55(38)75/h5-23,38-41,43-51,53-59,61,64,67-73,75-79,81-82H,24-37H2,1-4H3/t38-,39?,40-,41+,43+,44+,45-,46-,47+,48+,49-,50+,51?,53?,54-,55+,56+,57+,58-,59-,61?,62+,63+/m0/s1. The molecule has 488 valence electrons. The second-order valence-electron chi connectivity index (χ2n) is 23.9. The van der Waals surface area contributed by atoms with Crippen molar-refractivity contribution < 1.29 is 105 Å². The van der Waals surface area contributed by atoms with Gasteiger partial charge in [0.25, 0.3) is 0 Å². The van der Waals surface area contributed by atoms with Crippen molar-refractivity contribution in [2.75, 3.05) is 44.2 Å². The van der Waals surface area contributed by atoms with E-state index in [4.69, 9.17) is 23.7 Å². The smallest absolute Gasteiger partial charge is 0.308 e. The number of nitrogens with one attached hydrogen (secondary N) is 1. The van der Waals surface area contributed by atoms with Crippen LogP contribution < -0.4 is 10.2 Å². The maximum Gasteiger partial charge on any atom is 0.308 e. The van der Waals surface area contributed by atoms with Gasteiger partial charge in [0.2, 0.25) is 11.7 Å². The molecule has 24 heteroatoms. The molecule has 0 aromatic heterocycles. The summed E-state index contributed by atoms with van der Waals surface area (Å²) in [6.45, 7) is 6.92. The Morgan fingerprint density at radius 3 is 1.87 bits per heavy atom. The van der Waals surface area contributed by atoms with Gasteiger partial charge in [0.05, 0.1) is 98.7 Å². The number of allylic oxidation sites excluding steroid dienone is 12. The number of ether oxygens (including phenoxy) is 5. The third-order valence-electron chi connectivity index (χ3n) is 17.0. The first-order valence-corrected chi connectivity index (χ1v) is 30.2. The van der Waals surface area contributed by atoms with Gasteiger partial charge in [0, 0.05) is 69.4 Å². The second kappa shape index (κ2) is 34.0. The summed E-state index contributed by atoms with van der Waals surface area (Å²) in [5.41, 5.74) is 0.958. The van der Waals surface area contributed by atoms with E-state index in [9.17, 15) is 81.1 Å². The zero-order valence-corrected chi connectivity index (χ0v) is 50.0. The van der Waals surface area contributed by atoms with E-state index in [1.54, 1.807) is 97.7 Å². The van der Waals surface area contributed by atoms with Crippen LogP contribution in [0.5, 0.6) is 0 Å². The van der Waals surface area contributed by atoms with Gasteiger partial charge in [0.15, 0.2) is 12.1 Å². The highest BCUT2D eigenvalue weighted by Crippen LogP contribution is 2.39. The lowest BCUT2D eigenvalue weighted by atomic mass is 9.81. The first-order valence-electron chi connectivity index (χ1n) is 30.2. The predicted octanol–water partition coefficient (Wildman–Crippen LogP) is -0.592. The van der Waals surface area contributed by atoms with Crippen LogP contribution in [0.4, 0.5) is 5.69 Å². The highest BCUT2D eigenvalue weighted by atomic mass is 16.7. The number of hydrogen-bond donors (Lipinski definition) is 15. The number of hydrogen-bond acceptors (Lipinski definition) is 23. The van der Waals surface area contributed by atoms with Gasteiger partial charge in [-0.2, -0.15) is 0 Å². The number of para-hydroxylation sites is 1. The summed E-state index contributed by atoms with van der Waals surface area (Å²) in [6, 6.07) is 8.28. The summed E-state index contributed by atoms with van der Waals surface area (Å²) in [4.78, 5) is 31.3. The van der Waals surface area contributed by atoms with Crippen LogP contribution in [0.2, 0.25) is 0 Å². The number of benzene rings is 1. The topological polar surface area (TPSA) is 382 Å². The molecule has 5 heterocycles. The molecule has 24 nitrogen and oxygen atoms in total. The Balaban J connectivity index is 1.28. The van der Waals surface area contributed by atoms with E-state index in [2.05, 4.69) is 10.2 Å². The number of aliphatic hydroxyl groups is 14. The minimum Gasteiger partial charge on any atom is -0.462 e. The fraction of sp³-hybridized carbons (Fsp3) is 0.651.